The molecule has 0 aliphatic heterocycles. The van der Waals surface area contributed by atoms with Crippen molar-refractivity contribution in [3.63, 3.8) is 0 Å². The summed E-state index contributed by atoms with van der Waals surface area (Å²) in [7, 11) is 0. The Balaban J connectivity index is 2.18. The van der Waals surface area contributed by atoms with Crippen LogP contribution in [0, 0.1) is 0 Å². The maximum atomic E-state index is 13.3. The number of carbonyl (C=O) groups is 1. The third-order valence-electron chi connectivity index (χ3n) is 3.47. The number of ether oxygens (including phenoxy) is 1. The number of aromatic nitrogens is 1. The van der Waals surface area contributed by atoms with Gasteiger partial charge in [0.15, 0.2) is 0 Å². The van der Waals surface area contributed by atoms with Crippen molar-refractivity contribution < 1.29 is 27.8 Å². The highest BCUT2D eigenvalue weighted by Gasteiger charge is 2.34. The van der Waals surface area contributed by atoms with Crippen molar-refractivity contribution >= 4 is 17.3 Å². The maximum Gasteiger partial charge on any atom is 0.419 e. The van der Waals surface area contributed by atoms with Crippen LogP contribution < -0.4 is 4.74 Å². The van der Waals surface area contributed by atoms with Crippen molar-refractivity contribution in [3.05, 3.63) is 45.4 Å². The first-order chi connectivity index (χ1) is 11.8. The van der Waals surface area contributed by atoms with Crippen LogP contribution in [0.3, 0.4) is 0 Å². The lowest BCUT2D eigenvalue weighted by Crippen LogP contribution is -2.10. The number of aromatic carboxylic acids is 1. The van der Waals surface area contributed by atoms with Gasteiger partial charge >= 0.3 is 12.1 Å². The molecule has 1 heterocycles. The Labute approximate surface area is 147 Å². The Morgan fingerprint density at radius 3 is 2.68 bits per heavy atom. The second-order valence-corrected chi connectivity index (χ2v) is 6.60. The van der Waals surface area contributed by atoms with Crippen LogP contribution in [0.4, 0.5) is 13.2 Å². The summed E-state index contributed by atoms with van der Waals surface area (Å²) in [4.78, 5) is 14.8. The molecule has 0 fully saturated rings. The van der Waals surface area contributed by atoms with Crippen LogP contribution in [0.5, 0.6) is 5.75 Å². The number of carboxylic acid groups (broad SMARTS) is 1. The van der Waals surface area contributed by atoms with Gasteiger partial charge in [0.25, 0.3) is 0 Å². The van der Waals surface area contributed by atoms with Crippen LogP contribution >= 0.6 is 11.3 Å². The summed E-state index contributed by atoms with van der Waals surface area (Å²) >= 11 is 0.950. The number of halogens is 3. The van der Waals surface area contributed by atoms with Gasteiger partial charge in [-0.25, -0.2) is 9.78 Å². The predicted molar refractivity (Wildman–Crippen MR) is 88.3 cm³/mol. The number of benzene rings is 1. The molecule has 136 valence electrons. The van der Waals surface area contributed by atoms with Crippen LogP contribution in [0.2, 0.25) is 0 Å². The molecule has 1 aromatic carbocycles. The summed E-state index contributed by atoms with van der Waals surface area (Å²) in [6, 6.07) is 3.90. The van der Waals surface area contributed by atoms with Gasteiger partial charge in [0.2, 0.25) is 0 Å². The van der Waals surface area contributed by atoms with Crippen LogP contribution in [0.25, 0.3) is 0 Å². The zero-order chi connectivity index (χ0) is 18.4. The van der Waals surface area contributed by atoms with Gasteiger partial charge in [0.05, 0.1) is 23.4 Å². The summed E-state index contributed by atoms with van der Waals surface area (Å²) in [5.74, 6) is -1.28. The smallest absolute Gasteiger partial charge is 0.419 e. The van der Waals surface area contributed by atoms with E-state index in [-0.39, 0.29) is 23.7 Å². The number of hydrogen-bond donors (Lipinski definition) is 1. The molecular formula is C17H18F3NO3S. The van der Waals surface area contributed by atoms with Crippen LogP contribution in [0.1, 0.15) is 52.0 Å². The Morgan fingerprint density at radius 1 is 1.32 bits per heavy atom. The number of hydrogen-bond acceptors (Lipinski definition) is 4. The molecule has 0 spiro atoms. The lowest BCUT2D eigenvalue weighted by atomic mass is 10.1. The van der Waals surface area contributed by atoms with Gasteiger partial charge in [-0.05, 0) is 24.1 Å². The minimum absolute atomic E-state index is 0.0573. The molecule has 1 aromatic heterocycles. The van der Waals surface area contributed by atoms with Gasteiger partial charge in [0, 0.05) is 6.42 Å². The highest BCUT2D eigenvalue weighted by Crippen LogP contribution is 2.37. The molecule has 4 nitrogen and oxygen atoms in total. The normalized spacial score (nSPS) is 11.5. The number of alkyl halides is 3. The standard InChI is InChI=1S/C17H18F3NO3S/c1-2-3-4-7-24-13-6-5-11(8-12(13)17(18,19)20)9-15-21-10-14(25-15)16(22)23/h5-6,8,10H,2-4,7,9H2,1H3,(H,22,23). The molecule has 0 atom stereocenters. The molecule has 2 rings (SSSR count). The van der Waals surface area contributed by atoms with Crippen molar-refractivity contribution in [1.82, 2.24) is 4.98 Å². The molecule has 0 unspecified atom stereocenters. The molecule has 8 heteroatoms. The minimum Gasteiger partial charge on any atom is -0.493 e. The molecule has 0 aliphatic rings. The van der Waals surface area contributed by atoms with Crippen molar-refractivity contribution in [1.29, 1.82) is 0 Å². The second kappa shape index (κ2) is 8.33. The molecular weight excluding hydrogens is 355 g/mol. The highest BCUT2D eigenvalue weighted by molar-refractivity contribution is 7.13. The van der Waals surface area contributed by atoms with Crippen molar-refractivity contribution in [2.45, 2.75) is 38.8 Å². The molecule has 25 heavy (non-hydrogen) atoms. The van der Waals surface area contributed by atoms with Crippen LogP contribution in [-0.4, -0.2) is 22.7 Å². The molecule has 0 radical (unpaired) electrons. The predicted octanol–water partition coefficient (Wildman–Crippen LogP) is 5.02. The van der Waals surface area contributed by atoms with Gasteiger partial charge in [-0.15, -0.1) is 11.3 Å². The summed E-state index contributed by atoms with van der Waals surface area (Å²) in [5, 5.41) is 9.32. The maximum absolute atomic E-state index is 13.3. The molecule has 0 saturated carbocycles. The van der Waals surface area contributed by atoms with E-state index in [1.165, 1.54) is 12.3 Å². The highest BCUT2D eigenvalue weighted by atomic mass is 32.1. The largest absolute Gasteiger partial charge is 0.493 e. The number of nitrogens with zero attached hydrogens (tertiary/aromatic N) is 1. The number of rotatable bonds is 8. The van der Waals surface area contributed by atoms with Gasteiger partial charge < -0.3 is 9.84 Å². The van der Waals surface area contributed by atoms with E-state index in [2.05, 4.69) is 4.98 Å². The lowest BCUT2D eigenvalue weighted by molar-refractivity contribution is -0.139. The Kier molecular flexibility index (Phi) is 6.41. The topological polar surface area (TPSA) is 59.4 Å². The summed E-state index contributed by atoms with van der Waals surface area (Å²) < 4.78 is 45.1. The first kappa shape index (κ1) is 19.2. The van der Waals surface area contributed by atoms with Crippen LogP contribution in [-0.2, 0) is 12.6 Å². The Bertz CT molecular complexity index is 728. The van der Waals surface area contributed by atoms with Crippen molar-refractivity contribution in [2.24, 2.45) is 0 Å². The fraction of sp³-hybridized carbons (Fsp3) is 0.412. The number of unbranched alkanes of at least 4 members (excludes halogenated alkanes) is 2. The van der Waals surface area contributed by atoms with E-state index in [0.717, 1.165) is 30.2 Å². The van der Waals surface area contributed by atoms with E-state index in [0.29, 0.717) is 17.0 Å². The summed E-state index contributed by atoms with van der Waals surface area (Å²) in [6.07, 6.45) is -0.622. The number of carboxylic acids is 1. The zero-order valence-electron chi connectivity index (χ0n) is 13.6. The summed E-state index contributed by atoms with van der Waals surface area (Å²) in [6.45, 7) is 2.25. The molecule has 0 aliphatic carbocycles. The van der Waals surface area contributed by atoms with Gasteiger partial charge in [0.1, 0.15) is 10.6 Å². The molecule has 1 N–H and O–H groups in total. The third-order valence-corrected chi connectivity index (χ3v) is 4.46. The zero-order valence-corrected chi connectivity index (χ0v) is 14.4. The van der Waals surface area contributed by atoms with Gasteiger partial charge in [-0.1, -0.05) is 25.8 Å². The van der Waals surface area contributed by atoms with E-state index in [1.807, 2.05) is 6.92 Å². The molecule has 0 saturated heterocycles. The van der Waals surface area contributed by atoms with Gasteiger partial charge in [-0.2, -0.15) is 13.2 Å². The fourth-order valence-electron chi connectivity index (χ4n) is 2.23. The Hall–Kier alpha value is -2.09. The van der Waals surface area contributed by atoms with Crippen LogP contribution in [0.15, 0.2) is 24.4 Å². The monoisotopic (exact) mass is 373 g/mol. The van der Waals surface area contributed by atoms with Crippen molar-refractivity contribution in [3.8, 4) is 5.75 Å². The molecule has 0 amide bonds. The van der Waals surface area contributed by atoms with Crippen molar-refractivity contribution in [2.75, 3.05) is 6.61 Å². The second-order valence-electron chi connectivity index (χ2n) is 5.48. The SMILES string of the molecule is CCCCCOc1ccc(Cc2ncc(C(=O)O)s2)cc1C(F)(F)F. The minimum atomic E-state index is -4.52. The van der Waals surface area contributed by atoms with Gasteiger partial charge in [-0.3, -0.25) is 0 Å². The molecule has 2 aromatic rings. The molecule has 0 bridgehead atoms. The quantitative estimate of drug-likeness (QED) is 0.660. The average Bonchev–Trinajstić information content (AvgIpc) is 3.00. The first-order valence-electron chi connectivity index (χ1n) is 7.82. The number of thiazole rings is 1. The van der Waals surface area contributed by atoms with E-state index in [4.69, 9.17) is 9.84 Å². The van der Waals surface area contributed by atoms with E-state index in [9.17, 15) is 18.0 Å². The summed E-state index contributed by atoms with van der Waals surface area (Å²) in [5.41, 5.74) is -0.420. The average molecular weight is 373 g/mol. The fourth-order valence-corrected chi connectivity index (χ4v) is 3.02. The van der Waals surface area contributed by atoms with E-state index in [1.54, 1.807) is 6.07 Å². The third kappa shape index (κ3) is 5.45. The lowest BCUT2D eigenvalue weighted by Gasteiger charge is -2.15. The first-order valence-corrected chi connectivity index (χ1v) is 8.63. The van der Waals surface area contributed by atoms with E-state index < -0.39 is 17.7 Å². The van der Waals surface area contributed by atoms with E-state index >= 15 is 0 Å². The Morgan fingerprint density at radius 2 is 2.08 bits per heavy atom.